The van der Waals surface area contributed by atoms with E-state index in [1.54, 1.807) is 0 Å². The summed E-state index contributed by atoms with van der Waals surface area (Å²) in [5.74, 6) is -1.52. The summed E-state index contributed by atoms with van der Waals surface area (Å²) < 4.78 is 1.02. The van der Waals surface area contributed by atoms with E-state index in [-0.39, 0.29) is 22.7 Å². The van der Waals surface area contributed by atoms with Crippen molar-refractivity contribution in [1.82, 2.24) is 14.6 Å². The molecule has 0 unspecified atom stereocenters. The van der Waals surface area contributed by atoms with E-state index in [9.17, 15) is 14.7 Å². The number of carbonyl (C=O) groups is 1. The number of nitrogens with zero attached hydrogens (tertiary/aromatic N) is 2. The monoisotopic (exact) mass is 237 g/mol. The summed E-state index contributed by atoms with van der Waals surface area (Å²) in [6, 6.07) is 0. The van der Waals surface area contributed by atoms with Gasteiger partial charge in [0.05, 0.1) is 11.8 Å². The fraction of sp³-hybridized carbons (Fsp3) is 0.300. The first kappa shape index (κ1) is 11.2. The molecular formula is C10H11N3O4. The van der Waals surface area contributed by atoms with E-state index in [1.807, 2.05) is 6.92 Å². The lowest BCUT2D eigenvalue weighted by Crippen LogP contribution is -2.16. The van der Waals surface area contributed by atoms with Gasteiger partial charge in [0.25, 0.3) is 5.56 Å². The fourth-order valence-corrected chi connectivity index (χ4v) is 1.67. The highest BCUT2D eigenvalue weighted by atomic mass is 16.4. The molecule has 0 aliphatic carbocycles. The third-order valence-electron chi connectivity index (χ3n) is 2.48. The molecule has 0 bridgehead atoms. The van der Waals surface area contributed by atoms with Gasteiger partial charge >= 0.3 is 5.97 Å². The van der Waals surface area contributed by atoms with Crippen LogP contribution in [0.5, 0.6) is 5.88 Å². The number of fused-ring (bicyclic) bond motifs is 1. The molecule has 0 spiro atoms. The van der Waals surface area contributed by atoms with Crippen molar-refractivity contribution in [3.05, 3.63) is 27.7 Å². The van der Waals surface area contributed by atoms with E-state index >= 15 is 0 Å². The van der Waals surface area contributed by atoms with E-state index in [4.69, 9.17) is 5.11 Å². The van der Waals surface area contributed by atoms with Gasteiger partial charge in [-0.25, -0.2) is 4.79 Å². The molecule has 2 heterocycles. The second kappa shape index (κ2) is 3.93. The van der Waals surface area contributed by atoms with Gasteiger partial charge in [-0.2, -0.15) is 9.61 Å². The van der Waals surface area contributed by atoms with Crippen LogP contribution in [0.25, 0.3) is 5.65 Å². The van der Waals surface area contributed by atoms with Crippen LogP contribution >= 0.6 is 0 Å². The normalized spacial score (nSPS) is 10.9. The number of nitrogens with one attached hydrogen (secondary N) is 1. The molecule has 0 atom stereocenters. The number of carboxylic acids is 1. The second-order valence-corrected chi connectivity index (χ2v) is 3.63. The number of hydrogen-bond acceptors (Lipinski definition) is 4. The summed E-state index contributed by atoms with van der Waals surface area (Å²) in [5.41, 5.74) is -0.444. The Kier molecular flexibility index (Phi) is 2.58. The van der Waals surface area contributed by atoms with E-state index in [0.29, 0.717) is 12.8 Å². The van der Waals surface area contributed by atoms with Crippen LogP contribution in [0.3, 0.4) is 0 Å². The SMILES string of the molecule is CCCc1c(O)n2ncc(C(=O)O)c2[nH]c1=O. The van der Waals surface area contributed by atoms with Crippen molar-refractivity contribution >= 4 is 11.6 Å². The zero-order valence-corrected chi connectivity index (χ0v) is 9.10. The van der Waals surface area contributed by atoms with Gasteiger partial charge in [-0.3, -0.25) is 4.79 Å². The van der Waals surface area contributed by atoms with Gasteiger partial charge in [0.15, 0.2) is 5.65 Å². The first-order valence-electron chi connectivity index (χ1n) is 5.11. The molecule has 0 saturated carbocycles. The standard InChI is InChI=1S/C10H11N3O4/c1-2-3-5-8(14)12-7-6(10(16)17)4-11-13(7)9(5)15/h4,15H,2-3H2,1H3,(H,12,14)(H,16,17). The number of aromatic nitrogens is 3. The Morgan fingerprint density at radius 3 is 2.88 bits per heavy atom. The highest BCUT2D eigenvalue weighted by Gasteiger charge is 2.17. The predicted molar refractivity (Wildman–Crippen MR) is 58.4 cm³/mol. The maximum absolute atomic E-state index is 11.7. The predicted octanol–water partition coefficient (Wildman–Crippen LogP) is 0.379. The molecule has 90 valence electrons. The molecule has 0 aromatic carbocycles. The number of aromatic amines is 1. The molecule has 3 N–H and O–H groups in total. The van der Waals surface area contributed by atoms with Gasteiger partial charge in [-0.05, 0) is 6.42 Å². The van der Waals surface area contributed by atoms with Gasteiger partial charge < -0.3 is 15.2 Å². The quantitative estimate of drug-likeness (QED) is 0.715. The van der Waals surface area contributed by atoms with E-state index in [0.717, 1.165) is 10.7 Å². The van der Waals surface area contributed by atoms with Crippen molar-refractivity contribution in [3.63, 3.8) is 0 Å². The molecule has 0 aliphatic heterocycles. The Bertz CT molecular complexity index is 641. The van der Waals surface area contributed by atoms with Crippen LogP contribution in [-0.4, -0.2) is 30.8 Å². The Morgan fingerprint density at radius 1 is 1.59 bits per heavy atom. The zero-order valence-electron chi connectivity index (χ0n) is 9.10. The van der Waals surface area contributed by atoms with Crippen molar-refractivity contribution in [2.45, 2.75) is 19.8 Å². The number of H-pyrrole nitrogens is 1. The van der Waals surface area contributed by atoms with Gasteiger partial charge in [0, 0.05) is 0 Å². The second-order valence-electron chi connectivity index (χ2n) is 3.63. The van der Waals surface area contributed by atoms with Crippen LogP contribution in [0, 0.1) is 0 Å². The molecule has 0 fully saturated rings. The average Bonchev–Trinajstić information content (AvgIpc) is 2.68. The summed E-state index contributed by atoms with van der Waals surface area (Å²) in [5, 5.41) is 22.5. The third kappa shape index (κ3) is 1.65. The minimum atomic E-state index is -1.21. The summed E-state index contributed by atoms with van der Waals surface area (Å²) in [6.07, 6.45) is 2.18. The van der Waals surface area contributed by atoms with Gasteiger partial charge in [-0.1, -0.05) is 13.3 Å². The summed E-state index contributed by atoms with van der Waals surface area (Å²) in [7, 11) is 0. The van der Waals surface area contributed by atoms with E-state index in [1.165, 1.54) is 0 Å². The topological polar surface area (TPSA) is 108 Å². The van der Waals surface area contributed by atoms with Crippen LogP contribution < -0.4 is 5.56 Å². The van der Waals surface area contributed by atoms with Crippen LogP contribution in [0.4, 0.5) is 0 Å². The Labute approximate surface area is 95.3 Å². The van der Waals surface area contributed by atoms with Crippen molar-refractivity contribution in [2.75, 3.05) is 0 Å². The van der Waals surface area contributed by atoms with Gasteiger partial charge in [0.2, 0.25) is 5.88 Å². The van der Waals surface area contributed by atoms with Crippen LogP contribution in [0.1, 0.15) is 29.3 Å². The minimum absolute atomic E-state index is 0.0140. The lowest BCUT2D eigenvalue weighted by Gasteiger charge is -2.04. The molecule has 0 amide bonds. The van der Waals surface area contributed by atoms with Crippen molar-refractivity contribution in [1.29, 1.82) is 0 Å². The summed E-state index contributed by atoms with van der Waals surface area (Å²) in [6.45, 7) is 1.87. The molecule has 0 aliphatic rings. The number of aromatic carboxylic acids is 1. The molecule has 2 aromatic heterocycles. The molecule has 7 heteroatoms. The highest BCUT2D eigenvalue weighted by molar-refractivity contribution is 5.94. The highest BCUT2D eigenvalue weighted by Crippen LogP contribution is 2.17. The van der Waals surface area contributed by atoms with Gasteiger partial charge in [-0.15, -0.1) is 0 Å². The molecular weight excluding hydrogens is 226 g/mol. The number of aromatic hydroxyl groups is 1. The van der Waals surface area contributed by atoms with Crippen molar-refractivity contribution in [2.24, 2.45) is 0 Å². The first-order chi connectivity index (χ1) is 8.06. The van der Waals surface area contributed by atoms with Gasteiger partial charge in [0.1, 0.15) is 5.56 Å². The number of rotatable bonds is 3. The smallest absolute Gasteiger partial charge is 0.341 e. The fourth-order valence-electron chi connectivity index (χ4n) is 1.67. The Hall–Kier alpha value is -2.31. The maximum Gasteiger partial charge on any atom is 0.341 e. The zero-order chi connectivity index (χ0) is 12.6. The molecule has 0 radical (unpaired) electrons. The first-order valence-corrected chi connectivity index (χ1v) is 5.11. The largest absolute Gasteiger partial charge is 0.493 e. The Balaban J connectivity index is 2.78. The average molecular weight is 237 g/mol. The minimum Gasteiger partial charge on any atom is -0.493 e. The third-order valence-corrected chi connectivity index (χ3v) is 2.48. The Morgan fingerprint density at radius 2 is 2.29 bits per heavy atom. The lowest BCUT2D eigenvalue weighted by molar-refractivity contribution is 0.0699. The summed E-state index contributed by atoms with van der Waals surface area (Å²) in [4.78, 5) is 24.9. The van der Waals surface area contributed by atoms with Crippen LogP contribution in [0.15, 0.2) is 11.0 Å². The van der Waals surface area contributed by atoms with Crippen molar-refractivity contribution in [3.8, 4) is 5.88 Å². The van der Waals surface area contributed by atoms with Crippen molar-refractivity contribution < 1.29 is 15.0 Å². The maximum atomic E-state index is 11.7. The number of hydrogen-bond donors (Lipinski definition) is 3. The molecule has 0 saturated heterocycles. The van der Waals surface area contributed by atoms with E-state index in [2.05, 4.69) is 10.1 Å². The van der Waals surface area contributed by atoms with E-state index < -0.39 is 11.5 Å². The van der Waals surface area contributed by atoms with Crippen LogP contribution in [-0.2, 0) is 6.42 Å². The molecule has 2 aromatic rings. The lowest BCUT2D eigenvalue weighted by atomic mass is 10.2. The molecule has 17 heavy (non-hydrogen) atoms. The van der Waals surface area contributed by atoms with Crippen LogP contribution in [0.2, 0.25) is 0 Å². The molecule has 2 rings (SSSR count). The summed E-state index contributed by atoms with van der Waals surface area (Å²) >= 11 is 0. The number of carboxylic acid groups (broad SMARTS) is 1. The molecule has 7 nitrogen and oxygen atoms in total.